The molecule has 0 amide bonds. The van der Waals surface area contributed by atoms with Gasteiger partial charge in [0.1, 0.15) is 0 Å². The van der Waals surface area contributed by atoms with Crippen LogP contribution in [-0.4, -0.2) is 23.9 Å². The van der Waals surface area contributed by atoms with Crippen LogP contribution in [0.15, 0.2) is 0 Å². The lowest BCUT2D eigenvalue weighted by molar-refractivity contribution is 0.282. The summed E-state index contributed by atoms with van der Waals surface area (Å²) in [5.41, 5.74) is 0. The molecular weight excluding hydrogens is 260 g/mol. The van der Waals surface area contributed by atoms with Crippen molar-refractivity contribution in [2.24, 2.45) is 0 Å². The Morgan fingerprint density at radius 1 is 0.619 bits per heavy atom. The van der Waals surface area contributed by atoms with Gasteiger partial charge in [-0.1, -0.05) is 84.0 Å². The van der Waals surface area contributed by atoms with Crippen LogP contribution in [0.5, 0.6) is 0 Å². The molecule has 1 saturated heterocycles. The van der Waals surface area contributed by atoms with Crippen LogP contribution in [0.2, 0.25) is 0 Å². The summed E-state index contributed by atoms with van der Waals surface area (Å²) in [6.45, 7) is 2.61. The summed E-state index contributed by atoms with van der Waals surface area (Å²) >= 11 is 0. The molecule has 1 fully saturated rings. The molecule has 1 rings (SSSR count). The Kier molecular flexibility index (Phi) is 12.3. The Balaban J connectivity index is 1.66. The molecule has 0 spiro atoms. The SMILES string of the molecule is CCCC1OC1CCCCCCCCCCCCCCO. The van der Waals surface area contributed by atoms with Crippen LogP contribution in [0.25, 0.3) is 0 Å². The predicted molar refractivity (Wildman–Crippen MR) is 90.7 cm³/mol. The zero-order chi connectivity index (χ0) is 15.2. The van der Waals surface area contributed by atoms with Gasteiger partial charge >= 0.3 is 0 Å². The van der Waals surface area contributed by atoms with E-state index in [1.54, 1.807) is 0 Å². The van der Waals surface area contributed by atoms with Gasteiger partial charge in [-0.15, -0.1) is 0 Å². The fourth-order valence-electron chi connectivity index (χ4n) is 3.20. The van der Waals surface area contributed by atoms with Crippen LogP contribution < -0.4 is 0 Å². The first-order valence-electron chi connectivity index (χ1n) is 9.64. The smallest absolute Gasteiger partial charge is 0.0841 e. The summed E-state index contributed by atoms with van der Waals surface area (Å²) in [5, 5.41) is 8.69. The Bertz CT molecular complexity index is 218. The molecule has 1 N–H and O–H groups in total. The van der Waals surface area contributed by atoms with Gasteiger partial charge in [0.2, 0.25) is 0 Å². The molecule has 1 heterocycles. The third-order valence-corrected chi connectivity index (χ3v) is 4.66. The number of aliphatic hydroxyl groups excluding tert-OH is 1. The Morgan fingerprint density at radius 3 is 1.52 bits per heavy atom. The van der Waals surface area contributed by atoms with Gasteiger partial charge in [-0.2, -0.15) is 0 Å². The molecule has 2 unspecified atom stereocenters. The average Bonchev–Trinajstić information content (AvgIpc) is 3.22. The molecule has 2 heteroatoms. The largest absolute Gasteiger partial charge is 0.396 e. The highest BCUT2D eigenvalue weighted by atomic mass is 16.6. The number of epoxide rings is 1. The second-order valence-electron chi connectivity index (χ2n) is 6.76. The number of hydrogen-bond acceptors (Lipinski definition) is 2. The lowest BCUT2D eigenvalue weighted by Gasteiger charge is -2.02. The van der Waals surface area contributed by atoms with Gasteiger partial charge in [0.05, 0.1) is 12.2 Å². The van der Waals surface area contributed by atoms with Crippen LogP contribution in [0.3, 0.4) is 0 Å². The highest BCUT2D eigenvalue weighted by molar-refractivity contribution is 4.83. The molecule has 2 nitrogen and oxygen atoms in total. The molecule has 0 aromatic rings. The average molecular weight is 299 g/mol. The highest BCUT2D eigenvalue weighted by Crippen LogP contribution is 2.30. The monoisotopic (exact) mass is 298 g/mol. The third kappa shape index (κ3) is 11.2. The maximum absolute atomic E-state index is 8.69. The van der Waals surface area contributed by atoms with E-state index >= 15 is 0 Å². The number of aliphatic hydroxyl groups is 1. The first kappa shape index (κ1) is 19.0. The Labute approximate surface area is 132 Å². The molecular formula is C19H38O2. The topological polar surface area (TPSA) is 32.8 Å². The highest BCUT2D eigenvalue weighted by Gasteiger charge is 2.36. The molecule has 0 aromatic heterocycles. The fraction of sp³-hybridized carbons (Fsp3) is 1.00. The molecule has 0 aliphatic carbocycles. The van der Waals surface area contributed by atoms with Gasteiger partial charge in [0, 0.05) is 6.61 Å². The minimum Gasteiger partial charge on any atom is -0.396 e. The van der Waals surface area contributed by atoms with Crippen LogP contribution in [0.4, 0.5) is 0 Å². The summed E-state index contributed by atoms with van der Waals surface area (Å²) in [7, 11) is 0. The Hall–Kier alpha value is -0.0800. The second-order valence-corrected chi connectivity index (χ2v) is 6.76. The van der Waals surface area contributed by atoms with E-state index in [9.17, 15) is 0 Å². The minimum absolute atomic E-state index is 0.367. The third-order valence-electron chi connectivity index (χ3n) is 4.66. The van der Waals surface area contributed by atoms with Crippen molar-refractivity contribution in [3.8, 4) is 0 Å². The lowest BCUT2D eigenvalue weighted by atomic mass is 10.0. The van der Waals surface area contributed by atoms with Gasteiger partial charge < -0.3 is 9.84 Å². The number of ether oxygens (including phenoxy) is 1. The van der Waals surface area contributed by atoms with Gasteiger partial charge in [-0.3, -0.25) is 0 Å². The van der Waals surface area contributed by atoms with Gasteiger partial charge in [0.15, 0.2) is 0 Å². The van der Waals surface area contributed by atoms with E-state index in [0.717, 1.165) is 6.42 Å². The number of rotatable bonds is 16. The fourth-order valence-corrected chi connectivity index (χ4v) is 3.20. The van der Waals surface area contributed by atoms with Crippen LogP contribution in [0.1, 0.15) is 103 Å². The van der Waals surface area contributed by atoms with Crippen molar-refractivity contribution in [1.82, 2.24) is 0 Å². The van der Waals surface area contributed by atoms with Crippen molar-refractivity contribution in [1.29, 1.82) is 0 Å². The molecule has 0 aromatic carbocycles. The van der Waals surface area contributed by atoms with E-state index < -0.39 is 0 Å². The maximum Gasteiger partial charge on any atom is 0.0841 e. The minimum atomic E-state index is 0.367. The normalized spacial score (nSPS) is 20.9. The van der Waals surface area contributed by atoms with Crippen molar-refractivity contribution >= 4 is 0 Å². The zero-order valence-electron chi connectivity index (χ0n) is 14.3. The molecule has 2 atom stereocenters. The first-order valence-corrected chi connectivity index (χ1v) is 9.64. The van der Waals surface area contributed by atoms with Crippen molar-refractivity contribution in [3.05, 3.63) is 0 Å². The van der Waals surface area contributed by atoms with E-state index in [4.69, 9.17) is 9.84 Å². The molecule has 1 aliphatic heterocycles. The van der Waals surface area contributed by atoms with E-state index in [2.05, 4.69) is 6.92 Å². The quantitative estimate of drug-likeness (QED) is 0.296. The van der Waals surface area contributed by atoms with Gasteiger partial charge in [0.25, 0.3) is 0 Å². The summed E-state index contributed by atoms with van der Waals surface area (Å²) in [4.78, 5) is 0. The first-order chi connectivity index (χ1) is 10.4. The molecule has 0 saturated carbocycles. The standard InChI is InChI=1S/C19H38O2/c1-2-15-18-19(21-18)16-13-11-9-7-5-3-4-6-8-10-12-14-17-20/h18-20H,2-17H2,1H3. The van der Waals surface area contributed by atoms with Crippen molar-refractivity contribution in [3.63, 3.8) is 0 Å². The zero-order valence-corrected chi connectivity index (χ0v) is 14.3. The lowest BCUT2D eigenvalue weighted by Crippen LogP contribution is -1.93. The summed E-state index contributed by atoms with van der Waals surface area (Å²) in [6, 6.07) is 0. The van der Waals surface area contributed by atoms with Crippen molar-refractivity contribution in [2.45, 2.75) is 115 Å². The predicted octanol–water partition coefficient (Wildman–Crippen LogP) is 5.62. The summed E-state index contributed by atoms with van der Waals surface area (Å²) in [5.74, 6) is 0. The molecule has 21 heavy (non-hydrogen) atoms. The molecule has 1 aliphatic rings. The van der Waals surface area contributed by atoms with E-state index in [1.165, 1.54) is 89.9 Å². The molecule has 126 valence electrons. The number of unbranched alkanes of at least 4 members (excludes halogenated alkanes) is 11. The van der Waals surface area contributed by atoms with Gasteiger partial charge in [-0.05, 0) is 19.3 Å². The summed E-state index contributed by atoms with van der Waals surface area (Å²) in [6.07, 6.45) is 21.2. The van der Waals surface area contributed by atoms with Crippen LogP contribution >= 0.6 is 0 Å². The van der Waals surface area contributed by atoms with Gasteiger partial charge in [-0.25, -0.2) is 0 Å². The van der Waals surface area contributed by atoms with Crippen molar-refractivity contribution < 1.29 is 9.84 Å². The van der Waals surface area contributed by atoms with Crippen LogP contribution in [0, 0.1) is 0 Å². The van der Waals surface area contributed by atoms with Crippen LogP contribution in [-0.2, 0) is 4.74 Å². The van der Waals surface area contributed by atoms with E-state index in [0.29, 0.717) is 18.8 Å². The maximum atomic E-state index is 8.69. The van der Waals surface area contributed by atoms with E-state index in [1.807, 2.05) is 0 Å². The van der Waals surface area contributed by atoms with E-state index in [-0.39, 0.29) is 0 Å². The number of hydrogen-bond donors (Lipinski definition) is 1. The van der Waals surface area contributed by atoms with Crippen molar-refractivity contribution in [2.75, 3.05) is 6.61 Å². The Morgan fingerprint density at radius 2 is 1.05 bits per heavy atom. The second kappa shape index (κ2) is 13.6. The summed E-state index contributed by atoms with van der Waals surface area (Å²) < 4.78 is 5.65. The molecule has 0 radical (unpaired) electrons. The molecule has 0 bridgehead atoms.